The molecule has 0 aromatic heterocycles. The van der Waals surface area contributed by atoms with Gasteiger partial charge in [-0.3, -0.25) is 19.2 Å². The molecule has 1 heterocycles. The first kappa shape index (κ1) is 36.7. The van der Waals surface area contributed by atoms with Gasteiger partial charge in [-0.25, -0.2) is 0 Å². The third-order valence-corrected chi connectivity index (χ3v) is 9.28. The van der Waals surface area contributed by atoms with E-state index in [0.29, 0.717) is 31.5 Å². The van der Waals surface area contributed by atoms with E-state index in [9.17, 15) is 24.3 Å². The van der Waals surface area contributed by atoms with Crippen LogP contribution in [0.1, 0.15) is 36.0 Å². The number of esters is 1. The highest BCUT2D eigenvalue weighted by Crippen LogP contribution is 2.26. The Morgan fingerprint density at radius 3 is 2.22 bits per heavy atom. The van der Waals surface area contributed by atoms with Crippen LogP contribution in [0, 0.1) is 11.8 Å². The number of carbonyl (C=O) groups excluding carboxylic acids is 4. The van der Waals surface area contributed by atoms with Crippen molar-refractivity contribution >= 4 is 40.2 Å². The van der Waals surface area contributed by atoms with Crippen molar-refractivity contribution in [3.8, 4) is 0 Å². The van der Waals surface area contributed by atoms with Crippen LogP contribution in [0.25, 0.3) is 10.8 Å². The number of aliphatic hydroxyl groups is 1. The summed E-state index contributed by atoms with van der Waals surface area (Å²) in [6, 6.07) is 28.8. The number of hydrogen-bond donors (Lipinski definition) is 3. The van der Waals surface area contributed by atoms with E-state index in [1.54, 1.807) is 23.1 Å². The van der Waals surface area contributed by atoms with Gasteiger partial charge >= 0.3 is 5.97 Å². The Bertz CT molecular complexity index is 1860. The van der Waals surface area contributed by atoms with Gasteiger partial charge in [0.15, 0.2) is 0 Å². The fraction of sp³-hybridized carbons (Fsp3) is 0.286. The van der Waals surface area contributed by atoms with E-state index >= 15 is 0 Å². The van der Waals surface area contributed by atoms with Gasteiger partial charge in [-0.1, -0.05) is 97.1 Å². The molecule has 0 radical (unpaired) electrons. The highest BCUT2D eigenvalue weighted by Gasteiger charge is 2.33. The average molecular weight is 688 g/mol. The summed E-state index contributed by atoms with van der Waals surface area (Å²) in [6.07, 6.45) is 4.52. The van der Waals surface area contributed by atoms with Crippen LogP contribution < -0.4 is 10.6 Å². The molecule has 4 aromatic rings. The Morgan fingerprint density at radius 1 is 0.824 bits per heavy atom. The number of ether oxygens (including phenoxy) is 1. The fourth-order valence-corrected chi connectivity index (χ4v) is 6.47. The number of aliphatic hydroxyl groups excluding tert-OH is 1. The van der Waals surface area contributed by atoms with Crippen LogP contribution in [0.4, 0.5) is 5.69 Å². The summed E-state index contributed by atoms with van der Waals surface area (Å²) in [5, 5.41) is 17.7. The Kier molecular flexibility index (Phi) is 12.9. The summed E-state index contributed by atoms with van der Waals surface area (Å²) in [6.45, 7) is 7.27. The molecule has 0 saturated heterocycles. The molecule has 0 aliphatic carbocycles. The summed E-state index contributed by atoms with van der Waals surface area (Å²) in [5.74, 6) is -3.33. The lowest BCUT2D eigenvalue weighted by molar-refractivity contribution is -0.150. The molecule has 4 atom stereocenters. The molecule has 0 saturated carbocycles. The topological polar surface area (TPSA) is 125 Å². The maximum Gasteiger partial charge on any atom is 0.309 e. The van der Waals surface area contributed by atoms with Crippen LogP contribution in [-0.4, -0.2) is 59.0 Å². The van der Waals surface area contributed by atoms with Crippen LogP contribution in [-0.2, 0) is 43.3 Å². The van der Waals surface area contributed by atoms with Gasteiger partial charge in [0.05, 0.1) is 24.5 Å². The summed E-state index contributed by atoms with van der Waals surface area (Å²) < 4.78 is 5.71. The van der Waals surface area contributed by atoms with Crippen molar-refractivity contribution in [3.63, 3.8) is 0 Å². The molecule has 51 heavy (non-hydrogen) atoms. The van der Waals surface area contributed by atoms with Gasteiger partial charge in [-0.2, -0.15) is 0 Å². The third kappa shape index (κ3) is 9.80. The molecule has 3 N–H and O–H groups in total. The van der Waals surface area contributed by atoms with E-state index in [1.165, 1.54) is 0 Å². The predicted octanol–water partition coefficient (Wildman–Crippen LogP) is 5.77. The van der Waals surface area contributed by atoms with Crippen LogP contribution in [0.15, 0.2) is 122 Å². The number of anilines is 1. The Morgan fingerprint density at radius 2 is 1.49 bits per heavy atom. The number of allylic oxidation sites excluding steroid dienone is 2. The molecule has 9 heteroatoms. The molecule has 0 spiro atoms. The van der Waals surface area contributed by atoms with Crippen LogP contribution in [0.5, 0.6) is 0 Å². The van der Waals surface area contributed by atoms with Crippen molar-refractivity contribution in [1.82, 2.24) is 10.2 Å². The minimum Gasteiger partial charge on any atom is -0.463 e. The van der Waals surface area contributed by atoms with Crippen molar-refractivity contribution in [2.24, 2.45) is 11.8 Å². The molecule has 4 aromatic carbocycles. The zero-order valence-corrected chi connectivity index (χ0v) is 28.7. The van der Waals surface area contributed by atoms with Crippen molar-refractivity contribution in [3.05, 3.63) is 139 Å². The summed E-state index contributed by atoms with van der Waals surface area (Å²) in [4.78, 5) is 56.3. The summed E-state index contributed by atoms with van der Waals surface area (Å²) in [5.41, 5.74) is 3.54. The number of carbonyl (C=O) groups is 4. The standard InChI is InChI=1S/C42H45N3O6/c1-3-12-33(25-39(47)45-26-35-19-11-10-18-32(35)24-37(45)27-46)40(48)44-38(41(49)43-36-21-20-30-16-8-9-17-31(30)23-36)28-51-42(50)34(13-4-2)22-29-14-6-5-7-15-29/h3-11,14-21,23,33-34,37-38,46H,1-2,12-13,22,24-28H2,(H,43,49)(H,44,48)/t33-,34-,37+,38+/m1/s1. The van der Waals surface area contributed by atoms with Gasteiger partial charge in [0.2, 0.25) is 11.8 Å². The number of amides is 3. The van der Waals surface area contributed by atoms with Crippen LogP contribution >= 0.6 is 0 Å². The van der Waals surface area contributed by atoms with E-state index in [2.05, 4.69) is 23.8 Å². The number of hydrogen-bond acceptors (Lipinski definition) is 6. The van der Waals surface area contributed by atoms with Crippen LogP contribution in [0.2, 0.25) is 0 Å². The number of nitrogens with zero attached hydrogens (tertiary/aromatic N) is 1. The molecule has 3 amide bonds. The van der Waals surface area contributed by atoms with E-state index in [0.717, 1.165) is 27.5 Å². The Labute approximate surface area is 299 Å². The maximum absolute atomic E-state index is 13.9. The van der Waals surface area contributed by atoms with Crippen molar-refractivity contribution in [2.75, 3.05) is 18.5 Å². The molecule has 0 unspecified atom stereocenters. The molecule has 1 aliphatic heterocycles. The zero-order chi connectivity index (χ0) is 36.2. The second-order valence-electron chi connectivity index (χ2n) is 12.9. The SMILES string of the molecule is C=CC[C@H](CC(=O)N1Cc2ccccc2C[C@H]1CO)C(=O)N[C@@H](COC(=O)[C@H](CC=C)Cc1ccccc1)C(=O)Nc1ccc2ccccc2c1. The van der Waals surface area contributed by atoms with Crippen molar-refractivity contribution in [2.45, 2.75) is 50.7 Å². The average Bonchev–Trinajstić information content (AvgIpc) is 3.15. The highest BCUT2D eigenvalue weighted by atomic mass is 16.5. The van der Waals surface area contributed by atoms with Gasteiger partial charge in [0, 0.05) is 18.7 Å². The Balaban J connectivity index is 1.32. The van der Waals surface area contributed by atoms with Gasteiger partial charge < -0.3 is 25.4 Å². The first-order valence-corrected chi connectivity index (χ1v) is 17.3. The first-order valence-electron chi connectivity index (χ1n) is 17.3. The third-order valence-electron chi connectivity index (χ3n) is 9.28. The molecule has 0 fully saturated rings. The van der Waals surface area contributed by atoms with Crippen molar-refractivity contribution in [1.29, 1.82) is 0 Å². The number of rotatable bonds is 16. The lowest BCUT2D eigenvalue weighted by Crippen LogP contribution is -2.51. The van der Waals surface area contributed by atoms with Gasteiger partial charge in [0.25, 0.3) is 5.91 Å². The largest absolute Gasteiger partial charge is 0.463 e. The quantitative estimate of drug-likeness (QED) is 0.102. The maximum atomic E-state index is 13.9. The normalized spacial score (nSPS) is 15.5. The zero-order valence-electron chi connectivity index (χ0n) is 28.7. The summed E-state index contributed by atoms with van der Waals surface area (Å²) >= 11 is 0. The number of nitrogens with one attached hydrogen (secondary N) is 2. The lowest BCUT2D eigenvalue weighted by atomic mass is 9.92. The van der Waals surface area contributed by atoms with Crippen molar-refractivity contribution < 1.29 is 29.0 Å². The second kappa shape index (κ2) is 17.9. The van der Waals surface area contributed by atoms with Crippen LogP contribution in [0.3, 0.4) is 0 Å². The van der Waals surface area contributed by atoms with Gasteiger partial charge in [-0.15, -0.1) is 13.2 Å². The minimum absolute atomic E-state index is 0.159. The van der Waals surface area contributed by atoms with E-state index in [-0.39, 0.29) is 25.4 Å². The minimum atomic E-state index is -1.26. The molecular weight excluding hydrogens is 642 g/mol. The molecule has 264 valence electrons. The summed E-state index contributed by atoms with van der Waals surface area (Å²) in [7, 11) is 0. The molecule has 1 aliphatic rings. The van der Waals surface area contributed by atoms with E-state index in [1.807, 2.05) is 91.0 Å². The second-order valence-corrected chi connectivity index (χ2v) is 12.9. The number of fused-ring (bicyclic) bond motifs is 2. The smallest absolute Gasteiger partial charge is 0.309 e. The highest BCUT2D eigenvalue weighted by molar-refractivity contribution is 6.00. The molecular formula is C42H45N3O6. The molecule has 0 bridgehead atoms. The van der Waals surface area contributed by atoms with Gasteiger partial charge in [-0.05, 0) is 65.3 Å². The van der Waals surface area contributed by atoms with E-state index < -0.39 is 48.3 Å². The fourth-order valence-electron chi connectivity index (χ4n) is 6.47. The first-order chi connectivity index (χ1) is 24.8. The predicted molar refractivity (Wildman–Crippen MR) is 198 cm³/mol. The Hall–Kier alpha value is -5.54. The molecule has 9 nitrogen and oxygen atoms in total. The molecule has 5 rings (SSSR count). The van der Waals surface area contributed by atoms with Gasteiger partial charge in [0.1, 0.15) is 12.6 Å². The number of benzene rings is 4. The monoisotopic (exact) mass is 687 g/mol. The lowest BCUT2D eigenvalue weighted by Gasteiger charge is -2.36. The van der Waals surface area contributed by atoms with E-state index in [4.69, 9.17) is 4.74 Å².